The zero-order valence-electron chi connectivity index (χ0n) is 16.0. The standard InChI is InChI=1S/C22H28N2O3/c1-14(24(26)21(23)25)6-7-16-4-3-5-20(10-16)27-22-11-17-8-18(12-22)15(2)19(9-17)13-22/h3-5,10,14-15,17-19,26H,8-9,11-13H2,1-2H3,(H2,23,25)/t14-,15-,17+,18-,19?,22+/m1/s1. The molecule has 144 valence electrons. The van der Waals surface area contributed by atoms with Gasteiger partial charge in [-0.1, -0.05) is 24.8 Å². The van der Waals surface area contributed by atoms with Crippen LogP contribution >= 0.6 is 0 Å². The molecule has 27 heavy (non-hydrogen) atoms. The average Bonchev–Trinajstić information content (AvgIpc) is 2.62. The number of hydroxylamine groups is 2. The molecule has 4 bridgehead atoms. The minimum atomic E-state index is -0.912. The van der Waals surface area contributed by atoms with Gasteiger partial charge < -0.3 is 10.5 Å². The normalized spacial score (nSPS) is 34.5. The summed E-state index contributed by atoms with van der Waals surface area (Å²) in [6.45, 7) is 4.05. The number of primary amides is 1. The van der Waals surface area contributed by atoms with Gasteiger partial charge in [0, 0.05) is 5.56 Å². The molecular formula is C22H28N2O3. The lowest BCUT2D eigenvalue weighted by Crippen LogP contribution is -2.56. The molecule has 6 atom stereocenters. The first-order valence-electron chi connectivity index (χ1n) is 9.93. The predicted molar refractivity (Wildman–Crippen MR) is 102 cm³/mol. The van der Waals surface area contributed by atoms with E-state index in [-0.39, 0.29) is 5.60 Å². The fraction of sp³-hybridized carbons (Fsp3) is 0.591. The lowest BCUT2D eigenvalue weighted by Gasteiger charge is -2.59. The molecule has 2 amide bonds. The van der Waals surface area contributed by atoms with E-state index in [4.69, 9.17) is 10.5 Å². The molecule has 4 aliphatic rings. The lowest BCUT2D eigenvalue weighted by molar-refractivity contribution is -0.133. The van der Waals surface area contributed by atoms with E-state index in [0.717, 1.165) is 35.0 Å². The maximum absolute atomic E-state index is 11.0. The number of carbonyl (C=O) groups is 1. The molecule has 5 heteroatoms. The van der Waals surface area contributed by atoms with E-state index >= 15 is 0 Å². The second-order valence-corrected chi connectivity index (χ2v) is 8.77. The molecule has 1 aromatic rings. The third-order valence-corrected chi connectivity index (χ3v) is 6.87. The van der Waals surface area contributed by atoms with Gasteiger partial charge in [-0.2, -0.15) is 5.06 Å². The van der Waals surface area contributed by atoms with Crippen molar-refractivity contribution in [2.24, 2.45) is 29.4 Å². The second-order valence-electron chi connectivity index (χ2n) is 8.77. The SMILES string of the molecule is C[C@H](C#Cc1cccc(O[C@]23CC4C[C@H](C[C@H](C2)[C@H]4C)C3)c1)N(O)C(N)=O. The largest absolute Gasteiger partial charge is 0.487 e. The maximum atomic E-state index is 11.0. The second kappa shape index (κ2) is 6.76. The van der Waals surface area contributed by atoms with Crippen molar-refractivity contribution in [3.63, 3.8) is 0 Å². The van der Waals surface area contributed by atoms with Crippen LogP contribution in [0.5, 0.6) is 5.75 Å². The Morgan fingerprint density at radius 2 is 2.04 bits per heavy atom. The van der Waals surface area contributed by atoms with Crippen molar-refractivity contribution in [3.8, 4) is 17.6 Å². The topological polar surface area (TPSA) is 75.8 Å². The summed E-state index contributed by atoms with van der Waals surface area (Å²) in [6, 6.07) is 6.21. The minimum Gasteiger partial charge on any atom is -0.487 e. The first kappa shape index (κ1) is 18.2. The van der Waals surface area contributed by atoms with Gasteiger partial charge in [0.05, 0.1) is 0 Å². The van der Waals surface area contributed by atoms with E-state index in [1.54, 1.807) is 6.92 Å². The minimum absolute atomic E-state index is 0.00375. The number of ether oxygens (including phenoxy) is 1. The number of hydrogen-bond donors (Lipinski definition) is 2. The molecule has 1 unspecified atom stereocenters. The van der Waals surface area contributed by atoms with Crippen molar-refractivity contribution in [3.05, 3.63) is 29.8 Å². The summed E-state index contributed by atoms with van der Waals surface area (Å²) >= 11 is 0. The number of rotatable bonds is 3. The molecule has 4 fully saturated rings. The molecule has 5 nitrogen and oxygen atoms in total. The Labute approximate surface area is 160 Å². The van der Waals surface area contributed by atoms with Crippen LogP contribution in [0.1, 0.15) is 51.5 Å². The van der Waals surface area contributed by atoms with Crippen LogP contribution in [0.15, 0.2) is 24.3 Å². The summed E-state index contributed by atoms with van der Waals surface area (Å²) in [6.07, 6.45) is 6.28. The number of hydrogen-bond acceptors (Lipinski definition) is 3. The zero-order valence-corrected chi connectivity index (χ0v) is 16.0. The van der Waals surface area contributed by atoms with Crippen LogP contribution < -0.4 is 10.5 Å². The molecule has 0 heterocycles. The first-order chi connectivity index (χ1) is 12.8. The van der Waals surface area contributed by atoms with Gasteiger partial charge in [-0.25, -0.2) is 4.79 Å². The molecule has 0 aliphatic heterocycles. The Morgan fingerprint density at radius 3 is 2.70 bits per heavy atom. The summed E-state index contributed by atoms with van der Waals surface area (Å²) in [5.74, 6) is 9.98. The number of nitrogens with two attached hydrogens (primary N) is 1. The fourth-order valence-electron chi connectivity index (χ4n) is 5.66. The summed E-state index contributed by atoms with van der Waals surface area (Å²) in [5.41, 5.74) is 5.85. The van der Waals surface area contributed by atoms with Crippen LogP contribution in [-0.2, 0) is 0 Å². The van der Waals surface area contributed by atoms with Crippen molar-refractivity contribution in [2.75, 3.05) is 0 Å². The number of urea groups is 1. The van der Waals surface area contributed by atoms with Gasteiger partial charge in [0.2, 0.25) is 0 Å². The molecule has 1 aromatic carbocycles. The summed E-state index contributed by atoms with van der Waals surface area (Å²) in [4.78, 5) is 11.0. The third kappa shape index (κ3) is 3.51. The van der Waals surface area contributed by atoms with E-state index < -0.39 is 12.1 Å². The Hall–Kier alpha value is -2.19. The highest BCUT2D eigenvalue weighted by Gasteiger charge is 2.55. The van der Waals surface area contributed by atoms with Crippen molar-refractivity contribution >= 4 is 6.03 Å². The highest BCUT2D eigenvalue weighted by molar-refractivity contribution is 5.71. The van der Waals surface area contributed by atoms with Crippen LogP contribution in [0, 0.1) is 35.5 Å². The van der Waals surface area contributed by atoms with Gasteiger partial charge in [-0.3, -0.25) is 5.21 Å². The van der Waals surface area contributed by atoms with Crippen molar-refractivity contribution in [2.45, 2.75) is 57.6 Å². The van der Waals surface area contributed by atoms with Crippen LogP contribution in [-0.4, -0.2) is 27.9 Å². The van der Waals surface area contributed by atoms with E-state index in [1.807, 2.05) is 24.3 Å². The van der Waals surface area contributed by atoms with Crippen molar-refractivity contribution < 1.29 is 14.7 Å². The van der Waals surface area contributed by atoms with Gasteiger partial charge in [-0.05, 0) is 80.9 Å². The Kier molecular flexibility index (Phi) is 4.55. The highest BCUT2D eigenvalue weighted by atomic mass is 16.5. The van der Waals surface area contributed by atoms with Crippen LogP contribution in [0.2, 0.25) is 0 Å². The van der Waals surface area contributed by atoms with Gasteiger partial charge >= 0.3 is 6.03 Å². The highest BCUT2D eigenvalue weighted by Crippen LogP contribution is 2.59. The van der Waals surface area contributed by atoms with Gasteiger partial charge in [0.1, 0.15) is 17.4 Å². The zero-order chi connectivity index (χ0) is 19.2. The van der Waals surface area contributed by atoms with E-state index in [1.165, 1.54) is 32.1 Å². The molecule has 5 rings (SSSR count). The molecule has 0 spiro atoms. The van der Waals surface area contributed by atoms with Gasteiger partial charge in [0.25, 0.3) is 0 Å². The summed E-state index contributed by atoms with van der Waals surface area (Å²) in [5, 5.41) is 9.96. The third-order valence-electron chi connectivity index (χ3n) is 6.87. The van der Waals surface area contributed by atoms with Crippen molar-refractivity contribution in [1.29, 1.82) is 0 Å². The number of benzene rings is 1. The lowest BCUT2D eigenvalue weighted by atomic mass is 9.50. The Bertz CT molecular complexity index is 780. The monoisotopic (exact) mass is 368 g/mol. The number of amides is 2. The van der Waals surface area contributed by atoms with Crippen molar-refractivity contribution in [1.82, 2.24) is 5.06 Å². The maximum Gasteiger partial charge on any atom is 0.339 e. The summed E-state index contributed by atoms with van der Waals surface area (Å²) < 4.78 is 6.59. The Morgan fingerprint density at radius 1 is 1.33 bits per heavy atom. The summed E-state index contributed by atoms with van der Waals surface area (Å²) in [7, 11) is 0. The van der Waals surface area contributed by atoms with Crippen LogP contribution in [0.25, 0.3) is 0 Å². The molecule has 4 saturated carbocycles. The molecule has 0 radical (unpaired) electrons. The van der Waals surface area contributed by atoms with Crippen LogP contribution in [0.4, 0.5) is 4.79 Å². The quantitative estimate of drug-likeness (QED) is 0.484. The Balaban J connectivity index is 1.49. The van der Waals surface area contributed by atoms with Crippen LogP contribution in [0.3, 0.4) is 0 Å². The molecule has 0 saturated heterocycles. The number of nitrogens with zero attached hydrogens (tertiary/aromatic N) is 1. The van der Waals surface area contributed by atoms with E-state index in [9.17, 15) is 10.0 Å². The van der Waals surface area contributed by atoms with E-state index in [2.05, 4.69) is 18.8 Å². The molecular weight excluding hydrogens is 340 g/mol. The fourth-order valence-corrected chi connectivity index (χ4v) is 5.66. The predicted octanol–water partition coefficient (Wildman–Crippen LogP) is 3.79. The molecule has 4 aliphatic carbocycles. The molecule has 0 aromatic heterocycles. The number of carbonyl (C=O) groups excluding carboxylic acids is 1. The van der Waals surface area contributed by atoms with E-state index in [0.29, 0.717) is 5.06 Å². The average molecular weight is 368 g/mol. The van der Waals surface area contributed by atoms with Gasteiger partial charge in [-0.15, -0.1) is 0 Å². The molecule has 3 N–H and O–H groups in total. The van der Waals surface area contributed by atoms with Gasteiger partial charge in [0.15, 0.2) is 0 Å². The first-order valence-corrected chi connectivity index (χ1v) is 9.93. The smallest absolute Gasteiger partial charge is 0.339 e.